The van der Waals surface area contributed by atoms with Gasteiger partial charge in [0.15, 0.2) is 5.78 Å². The van der Waals surface area contributed by atoms with Gasteiger partial charge in [-0.05, 0) is 31.2 Å². The Hall–Kier alpha value is -3.94. The molecule has 3 rings (SSSR count). The van der Waals surface area contributed by atoms with Gasteiger partial charge in [0.25, 0.3) is 11.5 Å². The maximum atomic E-state index is 12.8. The highest BCUT2D eigenvalue weighted by Gasteiger charge is 2.16. The fourth-order valence-electron chi connectivity index (χ4n) is 2.63. The van der Waals surface area contributed by atoms with Crippen molar-refractivity contribution in [3.8, 4) is 11.4 Å². The largest absolute Gasteiger partial charge is 0.497 e. The molecule has 2 N–H and O–H groups in total. The van der Waals surface area contributed by atoms with Crippen molar-refractivity contribution in [1.29, 1.82) is 0 Å². The molecule has 28 heavy (non-hydrogen) atoms. The molecule has 142 valence electrons. The predicted octanol–water partition coefficient (Wildman–Crippen LogP) is 1.99. The molecule has 0 atom stereocenters. The van der Waals surface area contributed by atoms with Gasteiger partial charge in [0.1, 0.15) is 11.3 Å². The lowest BCUT2D eigenvalue weighted by Gasteiger charge is -2.09. The number of nitrogens with one attached hydrogen (secondary N) is 2. The maximum absolute atomic E-state index is 12.8. The van der Waals surface area contributed by atoms with Crippen molar-refractivity contribution >= 4 is 17.4 Å². The zero-order chi connectivity index (χ0) is 20.3. The van der Waals surface area contributed by atoms with Crippen LogP contribution >= 0.6 is 0 Å². The molecule has 1 heterocycles. The van der Waals surface area contributed by atoms with Crippen molar-refractivity contribution in [2.24, 2.45) is 0 Å². The minimum absolute atomic E-state index is 0.152. The minimum atomic E-state index is -0.780. The molecule has 8 heteroatoms. The molecule has 1 aromatic heterocycles. The van der Waals surface area contributed by atoms with Crippen LogP contribution in [0.2, 0.25) is 0 Å². The van der Waals surface area contributed by atoms with Crippen LogP contribution in [0, 0.1) is 0 Å². The Morgan fingerprint density at radius 2 is 1.82 bits per heavy atom. The van der Waals surface area contributed by atoms with Gasteiger partial charge in [0, 0.05) is 23.5 Å². The van der Waals surface area contributed by atoms with Gasteiger partial charge in [0.05, 0.1) is 12.8 Å². The number of Topliss-reactive ketones (excluding diaryl/α,β-unsaturated/α-hetero) is 1. The first-order valence-corrected chi connectivity index (χ1v) is 8.32. The normalized spacial score (nSPS) is 10.4. The molecule has 8 nitrogen and oxygen atoms in total. The van der Waals surface area contributed by atoms with E-state index in [4.69, 9.17) is 4.74 Å². The molecule has 0 aliphatic heterocycles. The summed E-state index contributed by atoms with van der Waals surface area (Å²) in [6, 6.07) is 12.7. The van der Waals surface area contributed by atoms with E-state index < -0.39 is 17.2 Å². The van der Waals surface area contributed by atoms with Gasteiger partial charge in [-0.15, -0.1) is 0 Å². The van der Waals surface area contributed by atoms with E-state index in [9.17, 15) is 19.2 Å². The number of nitrogens with zero attached hydrogens (tertiary/aromatic N) is 1. The van der Waals surface area contributed by atoms with Crippen LogP contribution in [-0.4, -0.2) is 28.4 Å². The van der Waals surface area contributed by atoms with Gasteiger partial charge < -0.3 is 15.0 Å². The van der Waals surface area contributed by atoms with E-state index in [2.05, 4.69) is 10.3 Å². The number of benzene rings is 2. The van der Waals surface area contributed by atoms with E-state index in [-0.39, 0.29) is 17.0 Å². The number of H-pyrrole nitrogens is 1. The molecule has 0 unspecified atom stereocenters. The third-order valence-corrected chi connectivity index (χ3v) is 4.06. The number of anilines is 1. The summed E-state index contributed by atoms with van der Waals surface area (Å²) in [5, 5.41) is 2.56. The van der Waals surface area contributed by atoms with E-state index in [0.29, 0.717) is 17.0 Å². The van der Waals surface area contributed by atoms with Crippen molar-refractivity contribution in [2.45, 2.75) is 6.92 Å². The van der Waals surface area contributed by atoms with Crippen molar-refractivity contribution in [3.05, 3.63) is 86.7 Å². The number of aromatic amines is 1. The van der Waals surface area contributed by atoms with Crippen LogP contribution in [0.3, 0.4) is 0 Å². The lowest BCUT2D eigenvalue weighted by atomic mass is 10.1. The van der Waals surface area contributed by atoms with Gasteiger partial charge in [0.2, 0.25) is 0 Å². The summed E-state index contributed by atoms with van der Waals surface area (Å²) in [6.07, 6.45) is 1.06. The van der Waals surface area contributed by atoms with Gasteiger partial charge in [-0.2, -0.15) is 0 Å². The third kappa shape index (κ3) is 3.75. The second-order valence-corrected chi connectivity index (χ2v) is 5.94. The molecule has 0 aliphatic rings. The number of ether oxygens (including phenoxy) is 1. The van der Waals surface area contributed by atoms with E-state index >= 15 is 0 Å². The van der Waals surface area contributed by atoms with Crippen LogP contribution in [0.1, 0.15) is 27.6 Å². The Morgan fingerprint density at radius 1 is 1.07 bits per heavy atom. The summed E-state index contributed by atoms with van der Waals surface area (Å²) < 4.78 is 5.96. The van der Waals surface area contributed by atoms with Gasteiger partial charge >= 0.3 is 5.69 Å². The Bertz CT molecular complexity index is 1180. The van der Waals surface area contributed by atoms with E-state index in [1.807, 2.05) is 0 Å². The highest BCUT2D eigenvalue weighted by molar-refractivity contribution is 6.04. The average Bonchev–Trinajstić information content (AvgIpc) is 2.68. The zero-order valence-corrected chi connectivity index (χ0v) is 15.2. The fraction of sp³-hybridized carbons (Fsp3) is 0.100. The highest BCUT2D eigenvalue weighted by Crippen LogP contribution is 2.15. The SMILES string of the molecule is COc1cccc(-n2c(=O)[nH]cc(C(=O)Nc3cccc(C(C)=O)c3)c2=O)c1. The number of carbonyl (C=O) groups is 2. The summed E-state index contributed by atoms with van der Waals surface area (Å²) >= 11 is 0. The monoisotopic (exact) mass is 379 g/mol. The Kier molecular flexibility index (Phi) is 5.21. The lowest BCUT2D eigenvalue weighted by molar-refractivity contribution is 0.101. The van der Waals surface area contributed by atoms with Crippen LogP contribution < -0.4 is 21.3 Å². The number of carbonyl (C=O) groups excluding carboxylic acids is 2. The second kappa shape index (κ2) is 7.75. The lowest BCUT2D eigenvalue weighted by Crippen LogP contribution is -2.38. The number of methoxy groups -OCH3 is 1. The van der Waals surface area contributed by atoms with Gasteiger partial charge in [-0.1, -0.05) is 18.2 Å². The van der Waals surface area contributed by atoms with Crippen molar-refractivity contribution in [3.63, 3.8) is 0 Å². The van der Waals surface area contributed by atoms with Crippen LogP contribution in [0.15, 0.2) is 64.3 Å². The number of aromatic nitrogens is 2. The van der Waals surface area contributed by atoms with Crippen LogP contribution in [-0.2, 0) is 0 Å². The van der Waals surface area contributed by atoms with E-state index in [1.165, 1.54) is 26.2 Å². The molecular weight excluding hydrogens is 362 g/mol. The molecular formula is C20H17N3O5. The summed E-state index contributed by atoms with van der Waals surface area (Å²) in [5.41, 5.74) is -0.677. The van der Waals surface area contributed by atoms with Crippen LogP contribution in [0.25, 0.3) is 5.69 Å². The van der Waals surface area contributed by atoms with Crippen molar-refractivity contribution in [1.82, 2.24) is 9.55 Å². The third-order valence-electron chi connectivity index (χ3n) is 4.06. The molecule has 0 bridgehead atoms. The molecule has 1 amide bonds. The number of amides is 1. The van der Waals surface area contributed by atoms with Crippen LogP contribution in [0.4, 0.5) is 5.69 Å². The molecule has 0 aliphatic carbocycles. The molecule has 3 aromatic rings. The van der Waals surface area contributed by atoms with Gasteiger partial charge in [-0.3, -0.25) is 14.4 Å². The summed E-state index contributed by atoms with van der Waals surface area (Å²) in [4.78, 5) is 51.4. The minimum Gasteiger partial charge on any atom is -0.497 e. The Morgan fingerprint density at radius 3 is 2.54 bits per heavy atom. The summed E-state index contributed by atoms with van der Waals surface area (Å²) in [6.45, 7) is 1.41. The highest BCUT2D eigenvalue weighted by atomic mass is 16.5. The molecule has 0 saturated carbocycles. The topological polar surface area (TPSA) is 110 Å². The Balaban J connectivity index is 2.00. The number of hydrogen-bond acceptors (Lipinski definition) is 5. The first-order chi connectivity index (χ1) is 13.4. The fourth-order valence-corrected chi connectivity index (χ4v) is 2.63. The summed E-state index contributed by atoms with van der Waals surface area (Å²) in [7, 11) is 1.46. The van der Waals surface area contributed by atoms with Gasteiger partial charge in [-0.25, -0.2) is 9.36 Å². The predicted molar refractivity (Wildman–Crippen MR) is 104 cm³/mol. The first kappa shape index (κ1) is 18.8. The van der Waals surface area contributed by atoms with Crippen LogP contribution in [0.5, 0.6) is 5.75 Å². The maximum Gasteiger partial charge on any atom is 0.333 e. The van der Waals surface area contributed by atoms with Crippen molar-refractivity contribution < 1.29 is 14.3 Å². The first-order valence-electron chi connectivity index (χ1n) is 8.32. The second-order valence-electron chi connectivity index (χ2n) is 5.94. The van der Waals surface area contributed by atoms with E-state index in [0.717, 1.165) is 10.8 Å². The smallest absolute Gasteiger partial charge is 0.333 e. The number of rotatable bonds is 5. The summed E-state index contributed by atoms with van der Waals surface area (Å²) in [5.74, 6) is -0.404. The number of ketones is 1. The number of hydrogen-bond donors (Lipinski definition) is 2. The zero-order valence-electron chi connectivity index (χ0n) is 15.2. The molecule has 0 spiro atoms. The molecule has 0 radical (unpaired) electrons. The molecule has 0 saturated heterocycles. The standard InChI is InChI=1S/C20H17N3O5/c1-12(24)13-5-3-6-14(9-13)22-18(25)17-11-21-20(27)23(19(17)26)15-7-4-8-16(10-15)28-2/h3-11H,1-2H3,(H,21,27)(H,22,25). The molecule has 0 fully saturated rings. The quantitative estimate of drug-likeness (QED) is 0.659. The Labute approximate surface area is 159 Å². The average molecular weight is 379 g/mol. The molecule has 2 aromatic carbocycles. The van der Waals surface area contributed by atoms with E-state index in [1.54, 1.807) is 36.4 Å². The van der Waals surface area contributed by atoms with Crippen molar-refractivity contribution in [2.75, 3.05) is 12.4 Å².